The van der Waals surface area contributed by atoms with Gasteiger partial charge in [-0.25, -0.2) is 4.79 Å². The SMILES string of the molecule is COC(=O)CC[C@H](NC(=O)C(C)C)C(=O)OC. The molecule has 0 bridgehead atoms. The minimum Gasteiger partial charge on any atom is -0.469 e. The molecule has 0 spiro atoms. The quantitative estimate of drug-likeness (QED) is 0.678. The molecule has 0 saturated carbocycles. The standard InChI is InChI=1S/C11H19NO5/c1-7(2)10(14)12-8(11(15)17-4)5-6-9(13)16-3/h7-8H,5-6H2,1-4H3,(H,12,14)/t8-/m0/s1. The number of rotatable bonds is 6. The van der Waals surface area contributed by atoms with Crippen molar-refractivity contribution in [2.75, 3.05) is 14.2 Å². The van der Waals surface area contributed by atoms with Crippen molar-refractivity contribution in [3.63, 3.8) is 0 Å². The summed E-state index contributed by atoms with van der Waals surface area (Å²) >= 11 is 0. The van der Waals surface area contributed by atoms with Crippen LogP contribution >= 0.6 is 0 Å². The van der Waals surface area contributed by atoms with Crippen molar-refractivity contribution < 1.29 is 23.9 Å². The summed E-state index contributed by atoms with van der Waals surface area (Å²) in [6.07, 6.45) is 0.215. The second kappa shape index (κ2) is 7.65. The molecule has 17 heavy (non-hydrogen) atoms. The minimum absolute atomic E-state index is 0.0502. The lowest BCUT2D eigenvalue weighted by atomic mass is 10.1. The second-order valence-corrected chi connectivity index (χ2v) is 3.85. The molecule has 0 rings (SSSR count). The van der Waals surface area contributed by atoms with Gasteiger partial charge in [0.05, 0.1) is 14.2 Å². The van der Waals surface area contributed by atoms with Crippen molar-refractivity contribution in [1.82, 2.24) is 5.32 Å². The van der Waals surface area contributed by atoms with Gasteiger partial charge in [0.1, 0.15) is 6.04 Å². The van der Waals surface area contributed by atoms with Crippen LogP contribution in [-0.4, -0.2) is 38.1 Å². The van der Waals surface area contributed by atoms with Gasteiger partial charge in [-0.2, -0.15) is 0 Å². The molecule has 0 aromatic heterocycles. The Labute approximate surface area is 101 Å². The Kier molecular flexibility index (Phi) is 6.93. The van der Waals surface area contributed by atoms with E-state index in [2.05, 4.69) is 14.8 Å². The summed E-state index contributed by atoms with van der Waals surface area (Å²) in [6, 6.07) is -0.811. The van der Waals surface area contributed by atoms with Crippen LogP contribution < -0.4 is 5.32 Å². The number of amides is 1. The van der Waals surface area contributed by atoms with Crippen LogP contribution in [0.2, 0.25) is 0 Å². The van der Waals surface area contributed by atoms with Gasteiger partial charge >= 0.3 is 11.9 Å². The molecule has 98 valence electrons. The fourth-order valence-electron chi connectivity index (χ4n) is 1.09. The number of esters is 2. The van der Waals surface area contributed by atoms with Gasteiger partial charge in [-0.1, -0.05) is 13.8 Å². The Bertz CT molecular complexity index is 288. The summed E-state index contributed by atoms with van der Waals surface area (Å²) < 4.78 is 9.02. The van der Waals surface area contributed by atoms with Crippen molar-refractivity contribution in [2.45, 2.75) is 32.7 Å². The molecule has 1 amide bonds. The van der Waals surface area contributed by atoms with E-state index in [1.807, 2.05) is 0 Å². The van der Waals surface area contributed by atoms with Crippen LogP contribution in [0.4, 0.5) is 0 Å². The number of methoxy groups -OCH3 is 2. The molecular weight excluding hydrogens is 226 g/mol. The van der Waals surface area contributed by atoms with Crippen molar-refractivity contribution in [1.29, 1.82) is 0 Å². The minimum atomic E-state index is -0.811. The first kappa shape index (κ1) is 15.4. The summed E-state index contributed by atoms with van der Waals surface area (Å²) in [5.41, 5.74) is 0. The lowest BCUT2D eigenvalue weighted by Gasteiger charge is -2.17. The molecule has 0 aliphatic heterocycles. The Balaban J connectivity index is 4.39. The van der Waals surface area contributed by atoms with Gasteiger partial charge in [0.15, 0.2) is 0 Å². The predicted molar refractivity (Wildman–Crippen MR) is 60.0 cm³/mol. The Morgan fingerprint density at radius 1 is 1.12 bits per heavy atom. The van der Waals surface area contributed by atoms with Crippen LogP contribution in [0, 0.1) is 5.92 Å². The zero-order valence-corrected chi connectivity index (χ0v) is 10.6. The van der Waals surface area contributed by atoms with E-state index in [0.29, 0.717) is 0 Å². The maximum absolute atomic E-state index is 11.5. The molecule has 0 heterocycles. The van der Waals surface area contributed by atoms with Gasteiger partial charge < -0.3 is 14.8 Å². The molecule has 0 aromatic rings. The highest BCUT2D eigenvalue weighted by molar-refractivity contribution is 5.85. The van der Waals surface area contributed by atoms with Gasteiger partial charge in [0, 0.05) is 12.3 Å². The fraction of sp³-hybridized carbons (Fsp3) is 0.727. The molecule has 0 saturated heterocycles. The number of hydrogen-bond acceptors (Lipinski definition) is 5. The van der Waals surface area contributed by atoms with E-state index in [9.17, 15) is 14.4 Å². The zero-order valence-electron chi connectivity index (χ0n) is 10.6. The predicted octanol–water partition coefficient (Wildman–Crippen LogP) is 0.253. The molecule has 0 aliphatic rings. The van der Waals surface area contributed by atoms with E-state index >= 15 is 0 Å². The van der Waals surface area contributed by atoms with E-state index < -0.39 is 18.0 Å². The molecular formula is C11H19NO5. The zero-order chi connectivity index (χ0) is 13.4. The molecule has 0 unspecified atom stereocenters. The monoisotopic (exact) mass is 245 g/mol. The number of carbonyl (C=O) groups excluding carboxylic acids is 3. The largest absolute Gasteiger partial charge is 0.469 e. The highest BCUT2D eigenvalue weighted by atomic mass is 16.5. The lowest BCUT2D eigenvalue weighted by molar-refractivity contribution is -0.146. The summed E-state index contributed by atoms with van der Waals surface area (Å²) in [7, 11) is 2.50. The van der Waals surface area contributed by atoms with E-state index in [4.69, 9.17) is 0 Å². The fourth-order valence-corrected chi connectivity index (χ4v) is 1.09. The van der Waals surface area contributed by atoms with E-state index in [0.717, 1.165) is 0 Å². The van der Waals surface area contributed by atoms with Crippen LogP contribution in [0.1, 0.15) is 26.7 Å². The summed E-state index contributed by atoms with van der Waals surface area (Å²) in [5.74, 6) is -1.49. The number of nitrogens with one attached hydrogen (secondary N) is 1. The van der Waals surface area contributed by atoms with Gasteiger partial charge in [-0.3, -0.25) is 9.59 Å². The molecule has 0 aromatic carbocycles. The van der Waals surface area contributed by atoms with Crippen molar-refractivity contribution in [2.24, 2.45) is 5.92 Å². The normalized spacial score (nSPS) is 11.8. The van der Waals surface area contributed by atoms with Crippen LogP contribution in [0.5, 0.6) is 0 Å². The molecule has 6 nitrogen and oxygen atoms in total. The third-order valence-corrected chi connectivity index (χ3v) is 2.19. The molecule has 0 radical (unpaired) electrons. The average Bonchev–Trinajstić information content (AvgIpc) is 2.32. The van der Waals surface area contributed by atoms with Gasteiger partial charge in [0.25, 0.3) is 0 Å². The summed E-state index contributed by atoms with van der Waals surface area (Å²) in [5, 5.41) is 2.53. The molecule has 6 heteroatoms. The molecule has 0 aliphatic carbocycles. The van der Waals surface area contributed by atoms with Crippen molar-refractivity contribution in [3.8, 4) is 0 Å². The van der Waals surface area contributed by atoms with Gasteiger partial charge in [0.2, 0.25) is 5.91 Å². The van der Waals surface area contributed by atoms with E-state index in [1.54, 1.807) is 13.8 Å². The average molecular weight is 245 g/mol. The molecule has 0 fully saturated rings. The van der Waals surface area contributed by atoms with Crippen molar-refractivity contribution in [3.05, 3.63) is 0 Å². The number of hydrogen-bond donors (Lipinski definition) is 1. The number of carbonyl (C=O) groups is 3. The first-order chi connectivity index (χ1) is 7.92. The van der Waals surface area contributed by atoms with E-state index in [1.165, 1.54) is 14.2 Å². The summed E-state index contributed by atoms with van der Waals surface area (Å²) in [4.78, 5) is 33.8. The third kappa shape index (κ3) is 5.89. The van der Waals surface area contributed by atoms with Crippen LogP contribution in [-0.2, 0) is 23.9 Å². The van der Waals surface area contributed by atoms with Crippen molar-refractivity contribution >= 4 is 17.8 Å². The topological polar surface area (TPSA) is 81.7 Å². The molecule has 1 N–H and O–H groups in total. The Morgan fingerprint density at radius 3 is 2.12 bits per heavy atom. The first-order valence-electron chi connectivity index (χ1n) is 5.37. The van der Waals surface area contributed by atoms with Crippen LogP contribution in [0.3, 0.4) is 0 Å². The Morgan fingerprint density at radius 2 is 1.71 bits per heavy atom. The first-order valence-corrected chi connectivity index (χ1v) is 5.37. The maximum atomic E-state index is 11.5. The summed E-state index contributed by atoms with van der Waals surface area (Å²) in [6.45, 7) is 3.42. The maximum Gasteiger partial charge on any atom is 0.328 e. The number of ether oxygens (including phenoxy) is 2. The highest BCUT2D eigenvalue weighted by Gasteiger charge is 2.23. The molecule has 1 atom stereocenters. The third-order valence-electron chi connectivity index (χ3n) is 2.19. The van der Waals surface area contributed by atoms with Crippen LogP contribution in [0.25, 0.3) is 0 Å². The second-order valence-electron chi connectivity index (χ2n) is 3.85. The van der Waals surface area contributed by atoms with Gasteiger partial charge in [-0.15, -0.1) is 0 Å². The van der Waals surface area contributed by atoms with Gasteiger partial charge in [-0.05, 0) is 6.42 Å². The Hall–Kier alpha value is -1.59. The highest BCUT2D eigenvalue weighted by Crippen LogP contribution is 2.03. The van der Waals surface area contributed by atoms with E-state index in [-0.39, 0.29) is 24.7 Å². The lowest BCUT2D eigenvalue weighted by Crippen LogP contribution is -2.43. The van der Waals surface area contributed by atoms with Crippen LogP contribution in [0.15, 0.2) is 0 Å². The smallest absolute Gasteiger partial charge is 0.328 e.